The standard InChI is InChI=1S/C16H19BrN2O3S2/c17-14-1-3-15(4-2-14)24(20,21)18-11-16(13-5-8-22-12-13)19-6-9-23-10-7-19/h1-5,8,12,16,18H,6-7,9-11H2/t16-/m0/s1. The van der Waals surface area contributed by atoms with Gasteiger partial charge < -0.3 is 4.42 Å². The highest BCUT2D eigenvalue weighted by Crippen LogP contribution is 2.25. The number of nitrogens with zero attached hydrogens (tertiary/aromatic N) is 1. The molecule has 0 radical (unpaired) electrons. The Kier molecular flexibility index (Phi) is 6.04. The number of rotatable bonds is 6. The van der Waals surface area contributed by atoms with Crippen LogP contribution in [-0.2, 0) is 10.0 Å². The van der Waals surface area contributed by atoms with Crippen LogP contribution in [0.2, 0.25) is 0 Å². The number of halogens is 1. The Bertz CT molecular complexity index is 742. The summed E-state index contributed by atoms with van der Waals surface area (Å²) in [5.74, 6) is 2.13. The van der Waals surface area contributed by atoms with Crippen LogP contribution < -0.4 is 4.72 Å². The van der Waals surface area contributed by atoms with Gasteiger partial charge in [-0.1, -0.05) is 15.9 Å². The first-order chi connectivity index (χ1) is 11.6. The SMILES string of the molecule is O=S(=O)(NC[C@@H](c1ccoc1)N1CCSCC1)c1ccc(Br)cc1. The quantitative estimate of drug-likeness (QED) is 0.762. The van der Waals surface area contributed by atoms with Crippen molar-refractivity contribution in [2.24, 2.45) is 0 Å². The Labute approximate surface area is 155 Å². The van der Waals surface area contributed by atoms with E-state index < -0.39 is 10.0 Å². The van der Waals surface area contributed by atoms with Gasteiger partial charge in [0.2, 0.25) is 10.0 Å². The molecule has 1 aromatic heterocycles. The molecule has 0 amide bonds. The van der Waals surface area contributed by atoms with E-state index in [0.29, 0.717) is 6.54 Å². The third-order valence-electron chi connectivity index (χ3n) is 4.01. The summed E-state index contributed by atoms with van der Waals surface area (Å²) in [4.78, 5) is 2.58. The molecule has 0 bridgehead atoms. The number of furan rings is 1. The molecule has 0 aliphatic carbocycles. The second kappa shape index (κ2) is 8.05. The molecule has 3 rings (SSSR count). The molecule has 1 N–H and O–H groups in total. The van der Waals surface area contributed by atoms with Gasteiger partial charge in [-0.15, -0.1) is 0 Å². The van der Waals surface area contributed by atoms with Gasteiger partial charge in [-0.2, -0.15) is 11.8 Å². The van der Waals surface area contributed by atoms with Gasteiger partial charge in [0.25, 0.3) is 0 Å². The van der Waals surface area contributed by atoms with E-state index in [1.807, 2.05) is 17.8 Å². The Morgan fingerprint density at radius 1 is 1.21 bits per heavy atom. The number of nitrogens with one attached hydrogen (secondary N) is 1. The fourth-order valence-electron chi connectivity index (χ4n) is 2.70. The van der Waals surface area contributed by atoms with Crippen molar-refractivity contribution in [3.63, 3.8) is 0 Å². The van der Waals surface area contributed by atoms with Crippen LogP contribution in [0.25, 0.3) is 0 Å². The highest BCUT2D eigenvalue weighted by Gasteiger charge is 2.25. The molecule has 5 nitrogen and oxygen atoms in total. The molecule has 0 spiro atoms. The van der Waals surface area contributed by atoms with E-state index in [1.165, 1.54) is 0 Å². The number of hydrogen-bond donors (Lipinski definition) is 1. The second-order valence-corrected chi connectivity index (χ2v) is 9.43. The Morgan fingerprint density at radius 2 is 1.92 bits per heavy atom. The Balaban J connectivity index is 1.74. The molecule has 130 valence electrons. The third kappa shape index (κ3) is 4.43. The van der Waals surface area contributed by atoms with Crippen molar-refractivity contribution in [1.82, 2.24) is 9.62 Å². The van der Waals surface area contributed by atoms with Crippen LogP contribution in [0.15, 0.2) is 56.6 Å². The van der Waals surface area contributed by atoms with Crippen LogP contribution in [0, 0.1) is 0 Å². The smallest absolute Gasteiger partial charge is 0.240 e. The molecule has 1 atom stereocenters. The minimum Gasteiger partial charge on any atom is -0.472 e. The molecular formula is C16H19BrN2O3S2. The van der Waals surface area contributed by atoms with Crippen LogP contribution in [0.3, 0.4) is 0 Å². The molecule has 0 unspecified atom stereocenters. The van der Waals surface area contributed by atoms with Crippen LogP contribution >= 0.6 is 27.7 Å². The summed E-state index contributed by atoms with van der Waals surface area (Å²) >= 11 is 5.25. The van der Waals surface area contributed by atoms with Crippen LogP contribution in [0.4, 0.5) is 0 Å². The van der Waals surface area contributed by atoms with Crippen molar-refractivity contribution in [2.45, 2.75) is 10.9 Å². The van der Waals surface area contributed by atoms with Crippen molar-refractivity contribution in [3.05, 3.63) is 52.9 Å². The molecule has 1 aromatic carbocycles. The maximum absolute atomic E-state index is 12.5. The number of thioether (sulfide) groups is 1. The molecule has 1 aliphatic rings. The lowest BCUT2D eigenvalue weighted by Gasteiger charge is -2.33. The highest BCUT2D eigenvalue weighted by molar-refractivity contribution is 9.10. The fourth-order valence-corrected chi connectivity index (χ4v) is 4.93. The van der Waals surface area contributed by atoms with Gasteiger partial charge in [-0.05, 0) is 30.3 Å². The maximum atomic E-state index is 12.5. The van der Waals surface area contributed by atoms with Crippen LogP contribution in [-0.4, -0.2) is 44.5 Å². The van der Waals surface area contributed by atoms with E-state index in [1.54, 1.807) is 36.8 Å². The monoisotopic (exact) mass is 430 g/mol. The summed E-state index contributed by atoms with van der Waals surface area (Å²) in [6, 6.07) is 8.52. The normalized spacial score (nSPS) is 17.7. The van der Waals surface area contributed by atoms with E-state index in [4.69, 9.17) is 4.42 Å². The lowest BCUT2D eigenvalue weighted by molar-refractivity contribution is 0.218. The van der Waals surface area contributed by atoms with Gasteiger partial charge >= 0.3 is 0 Å². The number of hydrogen-bond acceptors (Lipinski definition) is 5. The van der Waals surface area contributed by atoms with E-state index >= 15 is 0 Å². The third-order valence-corrected chi connectivity index (χ3v) is 6.92. The van der Waals surface area contributed by atoms with E-state index in [-0.39, 0.29) is 10.9 Å². The summed E-state index contributed by atoms with van der Waals surface area (Å²) in [6.07, 6.45) is 3.32. The predicted octanol–water partition coefficient (Wildman–Crippen LogP) is 3.11. The summed E-state index contributed by atoms with van der Waals surface area (Å²) in [7, 11) is -3.54. The fraction of sp³-hybridized carbons (Fsp3) is 0.375. The Hall–Kier alpha value is -0.800. The summed E-state index contributed by atoms with van der Waals surface area (Å²) in [5, 5.41) is 0. The molecule has 8 heteroatoms. The van der Waals surface area contributed by atoms with Gasteiger partial charge in [-0.3, -0.25) is 4.90 Å². The minimum atomic E-state index is -3.54. The first kappa shape index (κ1) is 18.0. The zero-order chi connectivity index (χ0) is 17.0. The molecular weight excluding hydrogens is 412 g/mol. The van der Waals surface area contributed by atoms with Crippen molar-refractivity contribution in [3.8, 4) is 0 Å². The molecule has 2 aromatic rings. The van der Waals surface area contributed by atoms with Crippen molar-refractivity contribution in [1.29, 1.82) is 0 Å². The van der Waals surface area contributed by atoms with Gasteiger partial charge in [-0.25, -0.2) is 13.1 Å². The van der Waals surface area contributed by atoms with Gasteiger partial charge in [0, 0.05) is 41.2 Å². The minimum absolute atomic E-state index is 0.0186. The van der Waals surface area contributed by atoms with Crippen molar-refractivity contribution >= 4 is 37.7 Å². The summed E-state index contributed by atoms with van der Waals surface area (Å²) < 4.78 is 33.9. The van der Waals surface area contributed by atoms with E-state index in [9.17, 15) is 8.42 Å². The highest BCUT2D eigenvalue weighted by atomic mass is 79.9. The molecule has 1 fully saturated rings. The number of sulfonamides is 1. The first-order valence-electron chi connectivity index (χ1n) is 7.65. The Morgan fingerprint density at radius 3 is 2.54 bits per heavy atom. The van der Waals surface area contributed by atoms with Crippen LogP contribution in [0.5, 0.6) is 0 Å². The predicted molar refractivity (Wildman–Crippen MR) is 99.7 cm³/mol. The molecule has 1 saturated heterocycles. The zero-order valence-corrected chi connectivity index (χ0v) is 16.2. The van der Waals surface area contributed by atoms with E-state index in [0.717, 1.165) is 34.6 Å². The molecule has 2 heterocycles. The summed E-state index contributed by atoms with van der Waals surface area (Å²) in [5.41, 5.74) is 1.00. The van der Waals surface area contributed by atoms with Gasteiger partial charge in [0.15, 0.2) is 0 Å². The van der Waals surface area contributed by atoms with Gasteiger partial charge in [0.1, 0.15) is 0 Å². The average molecular weight is 431 g/mol. The molecule has 0 saturated carbocycles. The summed E-state index contributed by atoms with van der Waals surface area (Å²) in [6.45, 7) is 2.21. The molecule has 24 heavy (non-hydrogen) atoms. The van der Waals surface area contributed by atoms with Gasteiger partial charge in [0.05, 0.1) is 23.5 Å². The maximum Gasteiger partial charge on any atom is 0.240 e. The second-order valence-electron chi connectivity index (χ2n) is 5.53. The lowest BCUT2D eigenvalue weighted by atomic mass is 10.1. The number of benzene rings is 1. The van der Waals surface area contributed by atoms with E-state index in [2.05, 4.69) is 25.6 Å². The van der Waals surface area contributed by atoms with Crippen LogP contribution in [0.1, 0.15) is 11.6 Å². The average Bonchev–Trinajstić information content (AvgIpc) is 3.11. The van der Waals surface area contributed by atoms with Crippen molar-refractivity contribution < 1.29 is 12.8 Å². The molecule has 1 aliphatic heterocycles. The zero-order valence-electron chi connectivity index (χ0n) is 13.0. The van der Waals surface area contributed by atoms with Crippen molar-refractivity contribution in [2.75, 3.05) is 31.1 Å². The first-order valence-corrected chi connectivity index (χ1v) is 11.1. The largest absolute Gasteiger partial charge is 0.472 e. The topological polar surface area (TPSA) is 62.6 Å². The lowest BCUT2D eigenvalue weighted by Crippen LogP contribution is -2.41.